The molecule has 1 saturated carbocycles. The van der Waals surface area contributed by atoms with Gasteiger partial charge in [-0.3, -0.25) is 4.79 Å². The van der Waals surface area contributed by atoms with Crippen molar-refractivity contribution in [3.63, 3.8) is 0 Å². The van der Waals surface area contributed by atoms with Gasteiger partial charge in [-0.15, -0.1) is 0 Å². The summed E-state index contributed by atoms with van der Waals surface area (Å²) in [6.07, 6.45) is -0.442. The lowest BCUT2D eigenvalue weighted by Crippen LogP contribution is -2.36. The number of aliphatic carboxylic acids is 1. The molecular weight excluding hydrogens is 445 g/mol. The van der Waals surface area contributed by atoms with Gasteiger partial charge in [-0.25, -0.2) is 9.78 Å². The predicted molar refractivity (Wildman–Crippen MR) is 107 cm³/mol. The average molecular weight is 466 g/mol. The number of nitriles is 1. The van der Waals surface area contributed by atoms with Crippen LogP contribution in [0.15, 0.2) is 28.8 Å². The van der Waals surface area contributed by atoms with Crippen molar-refractivity contribution in [3.8, 4) is 23.1 Å². The molecule has 2 fully saturated rings. The summed E-state index contributed by atoms with van der Waals surface area (Å²) in [4.78, 5) is 25.4. The van der Waals surface area contributed by atoms with Crippen molar-refractivity contribution in [3.05, 3.63) is 35.9 Å². The van der Waals surface area contributed by atoms with E-state index in [4.69, 9.17) is 24.3 Å². The Morgan fingerprint density at radius 3 is 2.61 bits per heavy atom. The molecule has 0 unspecified atom stereocenters. The van der Waals surface area contributed by atoms with E-state index in [0.29, 0.717) is 28.7 Å². The zero-order valence-electron chi connectivity index (χ0n) is 17.5. The average Bonchev–Trinajstić information content (AvgIpc) is 3.26. The van der Waals surface area contributed by atoms with E-state index in [-0.39, 0.29) is 23.9 Å². The van der Waals surface area contributed by atoms with E-state index in [2.05, 4.69) is 28.6 Å². The van der Waals surface area contributed by atoms with Gasteiger partial charge in [0.2, 0.25) is 0 Å². The van der Waals surface area contributed by atoms with E-state index in [9.17, 15) is 18.0 Å². The molecule has 4 rings (SSSR count). The molecule has 3 N–H and O–H groups in total. The molecule has 2 aromatic rings. The number of carboxylic acid groups (broad SMARTS) is 1. The molecule has 0 spiro atoms. The second kappa shape index (κ2) is 9.91. The molecule has 1 aromatic heterocycles. The van der Waals surface area contributed by atoms with Crippen LogP contribution in [0.25, 0.3) is 11.3 Å². The van der Waals surface area contributed by atoms with Crippen LogP contribution in [-0.4, -0.2) is 52.9 Å². The monoisotopic (exact) mass is 466 g/mol. The number of halogens is 3. The van der Waals surface area contributed by atoms with Gasteiger partial charge in [-0.2, -0.15) is 18.4 Å². The molecule has 176 valence electrons. The summed E-state index contributed by atoms with van der Waals surface area (Å²) in [6.45, 7) is 2.82. The molecule has 0 bridgehead atoms. The molecule has 2 atom stereocenters. The molecule has 2 heterocycles. The summed E-state index contributed by atoms with van der Waals surface area (Å²) < 4.78 is 43.3. The smallest absolute Gasteiger partial charge is 0.490 e. The van der Waals surface area contributed by atoms with Crippen LogP contribution in [0.5, 0.6) is 5.75 Å². The SMILES string of the molecule is C[C@@H]1C[C@@H](NC(=O)c2ncc(-c3cc(C#N)ccc3OC3CC3)o2)CN1.O=C(O)C(F)(F)F. The predicted octanol–water partition coefficient (Wildman–Crippen LogP) is 2.87. The van der Waals surface area contributed by atoms with Gasteiger partial charge in [-0.1, -0.05) is 0 Å². The quantitative estimate of drug-likeness (QED) is 0.612. The summed E-state index contributed by atoms with van der Waals surface area (Å²) in [5.74, 6) is -2.02. The van der Waals surface area contributed by atoms with Crippen molar-refractivity contribution >= 4 is 11.9 Å². The minimum Gasteiger partial charge on any atom is -0.490 e. The number of hydrogen-bond acceptors (Lipinski definition) is 7. The fourth-order valence-corrected chi connectivity index (χ4v) is 3.06. The summed E-state index contributed by atoms with van der Waals surface area (Å²) >= 11 is 0. The summed E-state index contributed by atoms with van der Waals surface area (Å²) in [7, 11) is 0. The van der Waals surface area contributed by atoms with Crippen molar-refractivity contribution in [2.75, 3.05) is 6.54 Å². The third-order valence-electron chi connectivity index (χ3n) is 4.82. The molecule has 12 heteroatoms. The number of oxazole rings is 1. The Morgan fingerprint density at radius 1 is 1.36 bits per heavy atom. The maximum Gasteiger partial charge on any atom is 0.490 e. The van der Waals surface area contributed by atoms with Crippen molar-refractivity contribution < 1.29 is 37.0 Å². The van der Waals surface area contributed by atoms with E-state index in [1.165, 1.54) is 6.20 Å². The highest BCUT2D eigenvalue weighted by Crippen LogP contribution is 2.36. The van der Waals surface area contributed by atoms with Gasteiger partial charge < -0.3 is 24.9 Å². The van der Waals surface area contributed by atoms with Gasteiger partial charge in [0.05, 0.1) is 29.5 Å². The Labute approximate surface area is 186 Å². The van der Waals surface area contributed by atoms with Crippen LogP contribution >= 0.6 is 0 Å². The topological polar surface area (TPSA) is 137 Å². The highest BCUT2D eigenvalue weighted by Gasteiger charge is 2.38. The van der Waals surface area contributed by atoms with Gasteiger partial charge in [0.25, 0.3) is 5.89 Å². The van der Waals surface area contributed by atoms with Crippen molar-refractivity contribution in [1.29, 1.82) is 5.26 Å². The van der Waals surface area contributed by atoms with Crippen LogP contribution in [-0.2, 0) is 4.79 Å². The van der Waals surface area contributed by atoms with E-state index < -0.39 is 12.1 Å². The minimum absolute atomic E-state index is 0.0132. The summed E-state index contributed by atoms with van der Waals surface area (Å²) in [6, 6.07) is 7.74. The first-order chi connectivity index (χ1) is 15.6. The van der Waals surface area contributed by atoms with Crippen LogP contribution in [0.1, 0.15) is 42.4 Å². The zero-order valence-corrected chi connectivity index (χ0v) is 17.5. The molecule has 1 aliphatic heterocycles. The van der Waals surface area contributed by atoms with E-state index in [1.807, 2.05) is 0 Å². The Bertz CT molecular complexity index is 1060. The third kappa shape index (κ3) is 6.69. The van der Waals surface area contributed by atoms with E-state index in [1.54, 1.807) is 18.2 Å². The number of nitrogens with zero attached hydrogens (tertiary/aromatic N) is 2. The number of hydrogen-bond donors (Lipinski definition) is 3. The van der Waals surface area contributed by atoms with Gasteiger partial charge in [0.15, 0.2) is 5.76 Å². The third-order valence-corrected chi connectivity index (χ3v) is 4.82. The first kappa shape index (κ1) is 24.1. The van der Waals surface area contributed by atoms with Crippen LogP contribution in [0.4, 0.5) is 13.2 Å². The number of carbonyl (C=O) groups excluding carboxylic acids is 1. The maximum atomic E-state index is 12.4. The number of rotatable bonds is 5. The van der Waals surface area contributed by atoms with Gasteiger partial charge in [-0.05, 0) is 44.4 Å². The number of aromatic nitrogens is 1. The standard InChI is InChI=1S/C19H20N4O3.C2HF3O2/c1-11-6-13(9-21-11)23-18(24)19-22-10-17(26-19)15-7-12(8-20)2-5-16(15)25-14-3-4-14;3-2(4,5)1(6)7/h2,5,7,10-11,13-14,21H,3-4,6,9H2,1H3,(H,23,24);(H,6,7)/t11-,13-;/m1./s1. The highest BCUT2D eigenvalue weighted by atomic mass is 19.4. The van der Waals surface area contributed by atoms with Gasteiger partial charge >= 0.3 is 18.1 Å². The molecular formula is C21H21F3N4O5. The Hall–Kier alpha value is -3.59. The number of ether oxygens (including phenoxy) is 1. The Balaban J connectivity index is 0.000000383. The van der Waals surface area contributed by atoms with Crippen molar-refractivity contribution in [2.24, 2.45) is 0 Å². The zero-order chi connectivity index (χ0) is 24.2. The number of carbonyl (C=O) groups is 2. The fraction of sp³-hybridized carbons (Fsp3) is 0.429. The van der Waals surface area contributed by atoms with Crippen LogP contribution in [0, 0.1) is 11.3 Å². The number of amides is 1. The fourth-order valence-electron chi connectivity index (χ4n) is 3.06. The molecule has 1 amide bonds. The van der Waals surface area contributed by atoms with E-state index >= 15 is 0 Å². The molecule has 1 saturated heterocycles. The van der Waals surface area contributed by atoms with Crippen LogP contribution in [0.3, 0.4) is 0 Å². The highest BCUT2D eigenvalue weighted by molar-refractivity contribution is 5.90. The van der Waals surface area contributed by atoms with Gasteiger partial charge in [0, 0.05) is 18.6 Å². The molecule has 1 aromatic carbocycles. The maximum absolute atomic E-state index is 12.4. The Morgan fingerprint density at radius 2 is 2.06 bits per heavy atom. The largest absolute Gasteiger partial charge is 0.490 e. The summed E-state index contributed by atoms with van der Waals surface area (Å²) in [5, 5.41) is 22.5. The number of nitrogens with one attached hydrogen (secondary N) is 2. The van der Waals surface area contributed by atoms with Crippen LogP contribution < -0.4 is 15.4 Å². The van der Waals surface area contributed by atoms with Crippen molar-refractivity contribution in [1.82, 2.24) is 15.6 Å². The van der Waals surface area contributed by atoms with Crippen molar-refractivity contribution in [2.45, 2.75) is 50.6 Å². The lowest BCUT2D eigenvalue weighted by Gasteiger charge is -2.10. The number of alkyl halides is 3. The normalized spacial score (nSPS) is 19.7. The molecule has 0 radical (unpaired) electrons. The number of carboxylic acids is 1. The second-order valence-corrected chi connectivity index (χ2v) is 7.69. The minimum atomic E-state index is -5.08. The molecule has 2 aliphatic rings. The first-order valence-electron chi connectivity index (χ1n) is 10.1. The lowest BCUT2D eigenvalue weighted by molar-refractivity contribution is -0.192. The van der Waals surface area contributed by atoms with Gasteiger partial charge in [0.1, 0.15) is 5.75 Å². The Kier molecular flexibility index (Phi) is 7.23. The molecule has 1 aliphatic carbocycles. The second-order valence-electron chi connectivity index (χ2n) is 7.69. The lowest BCUT2D eigenvalue weighted by atomic mass is 10.1. The molecule has 33 heavy (non-hydrogen) atoms. The van der Waals surface area contributed by atoms with E-state index in [0.717, 1.165) is 25.8 Å². The van der Waals surface area contributed by atoms with Crippen LogP contribution in [0.2, 0.25) is 0 Å². The molecule has 9 nitrogen and oxygen atoms in total. The summed E-state index contributed by atoms with van der Waals surface area (Å²) in [5.41, 5.74) is 1.13. The number of benzene rings is 1. The first-order valence-corrected chi connectivity index (χ1v) is 10.1.